The number of hydrogen-bond donors (Lipinski definition) is 1. The smallest absolute Gasteiger partial charge is 0.193 e. The topological polar surface area (TPSA) is 67.5 Å². The third-order valence-electron chi connectivity index (χ3n) is 3.30. The molecule has 0 aliphatic rings. The van der Waals surface area contributed by atoms with E-state index in [1.165, 1.54) is 6.07 Å². The van der Waals surface area contributed by atoms with Crippen LogP contribution in [0.25, 0.3) is 11.0 Å². The molecule has 0 fully saturated rings. The van der Waals surface area contributed by atoms with Crippen molar-refractivity contribution >= 4 is 16.8 Å². The number of aliphatic hydroxyl groups excluding tert-OH is 1. The van der Waals surface area contributed by atoms with E-state index in [9.17, 15) is 14.7 Å². The first kappa shape index (κ1) is 15.4. The number of ketones is 1. The van der Waals surface area contributed by atoms with E-state index in [2.05, 4.69) is 0 Å². The molecule has 21 heavy (non-hydrogen) atoms. The van der Waals surface area contributed by atoms with Crippen molar-refractivity contribution in [1.29, 1.82) is 0 Å². The lowest BCUT2D eigenvalue weighted by atomic mass is 10.0. The van der Waals surface area contributed by atoms with Gasteiger partial charge in [0.15, 0.2) is 5.43 Å². The lowest BCUT2D eigenvalue weighted by Gasteiger charge is -2.07. The van der Waals surface area contributed by atoms with Crippen molar-refractivity contribution in [3.8, 4) is 0 Å². The van der Waals surface area contributed by atoms with Crippen molar-refractivity contribution in [1.82, 2.24) is 0 Å². The van der Waals surface area contributed by atoms with Gasteiger partial charge in [-0.3, -0.25) is 9.59 Å². The average Bonchev–Trinajstić information content (AvgIpc) is 2.37. The minimum absolute atomic E-state index is 0.0884. The van der Waals surface area contributed by atoms with Crippen LogP contribution in [-0.4, -0.2) is 17.0 Å². The Morgan fingerprint density at radius 2 is 2.14 bits per heavy atom. The molecule has 0 bridgehead atoms. The van der Waals surface area contributed by atoms with Gasteiger partial charge in [0.1, 0.15) is 17.1 Å². The molecule has 2 aromatic rings. The number of carbonyl (C=O) groups is 1. The summed E-state index contributed by atoms with van der Waals surface area (Å²) in [5, 5.41) is 9.73. The number of Topliss-reactive ketones (excluding diaryl/α,β-unsaturated/α-hetero) is 1. The number of carbonyl (C=O) groups excluding carboxylic acids is 1. The third kappa shape index (κ3) is 3.79. The molecule has 1 N–H and O–H groups in total. The van der Waals surface area contributed by atoms with Gasteiger partial charge in [0.25, 0.3) is 0 Å². The Hall–Kier alpha value is -1.94. The summed E-state index contributed by atoms with van der Waals surface area (Å²) in [5.41, 5.74) is 1.07. The van der Waals surface area contributed by atoms with E-state index < -0.39 is 6.10 Å². The highest BCUT2D eigenvalue weighted by molar-refractivity contribution is 5.88. The van der Waals surface area contributed by atoms with Crippen molar-refractivity contribution in [3.63, 3.8) is 0 Å². The average molecular weight is 288 g/mol. The molecule has 4 nitrogen and oxygen atoms in total. The quantitative estimate of drug-likeness (QED) is 0.887. The molecule has 0 radical (unpaired) electrons. The van der Waals surface area contributed by atoms with Gasteiger partial charge in [0, 0.05) is 25.3 Å². The van der Waals surface area contributed by atoms with E-state index in [4.69, 9.17) is 4.42 Å². The molecule has 0 aliphatic carbocycles. The normalized spacial score (nSPS) is 12.5. The molecule has 1 heterocycles. The summed E-state index contributed by atoms with van der Waals surface area (Å²) in [6.07, 6.45) is 1.19. The molecule has 1 atom stereocenters. The summed E-state index contributed by atoms with van der Waals surface area (Å²) in [7, 11) is 0. The highest BCUT2D eigenvalue weighted by atomic mass is 16.3. The minimum atomic E-state index is -0.667. The molecular weight excluding hydrogens is 268 g/mol. The standard InChI is InChI=1S/C17H20O4/c1-3-5-14-10-15(20)17-12(6-4-7-16(17)21-14)9-13(19)8-11(2)18/h4,6-7,10-11,18H,3,5,8-9H2,1-2H3/t11-/m0/s1. The summed E-state index contributed by atoms with van der Waals surface area (Å²) < 4.78 is 5.73. The lowest BCUT2D eigenvalue weighted by molar-refractivity contribution is -0.120. The molecule has 112 valence electrons. The molecular formula is C17H20O4. The molecule has 2 rings (SSSR count). The molecule has 0 saturated heterocycles. The molecule has 0 spiro atoms. The first-order valence-electron chi connectivity index (χ1n) is 7.25. The van der Waals surface area contributed by atoms with Gasteiger partial charge in [0.2, 0.25) is 0 Å². The van der Waals surface area contributed by atoms with E-state index >= 15 is 0 Å². The van der Waals surface area contributed by atoms with Crippen LogP contribution in [0.2, 0.25) is 0 Å². The second-order valence-corrected chi connectivity index (χ2v) is 5.39. The number of aliphatic hydroxyl groups is 1. The fourth-order valence-corrected chi connectivity index (χ4v) is 2.46. The van der Waals surface area contributed by atoms with E-state index in [0.717, 1.165) is 12.8 Å². The SMILES string of the molecule is CCCc1cc(=O)c2c(CC(=O)C[C@H](C)O)cccc2o1. The van der Waals surface area contributed by atoms with Gasteiger partial charge in [-0.25, -0.2) is 0 Å². The predicted molar refractivity (Wildman–Crippen MR) is 81.5 cm³/mol. The summed E-state index contributed by atoms with van der Waals surface area (Å²) in [6.45, 7) is 3.60. The molecule has 0 aliphatic heterocycles. The zero-order chi connectivity index (χ0) is 15.4. The molecule has 0 saturated carbocycles. The fraction of sp³-hybridized carbons (Fsp3) is 0.412. The number of hydrogen-bond acceptors (Lipinski definition) is 4. The monoisotopic (exact) mass is 288 g/mol. The van der Waals surface area contributed by atoms with Gasteiger partial charge in [0.05, 0.1) is 11.5 Å². The van der Waals surface area contributed by atoms with Crippen LogP contribution in [0.5, 0.6) is 0 Å². The Morgan fingerprint density at radius 3 is 2.81 bits per heavy atom. The van der Waals surface area contributed by atoms with Gasteiger partial charge in [-0.2, -0.15) is 0 Å². The molecule has 0 unspecified atom stereocenters. The second kappa shape index (κ2) is 6.68. The molecule has 1 aromatic heterocycles. The van der Waals surface area contributed by atoms with Crippen LogP contribution < -0.4 is 5.43 Å². The van der Waals surface area contributed by atoms with Gasteiger partial charge < -0.3 is 9.52 Å². The van der Waals surface area contributed by atoms with Crippen LogP contribution in [0.1, 0.15) is 38.0 Å². The van der Waals surface area contributed by atoms with Crippen LogP contribution in [0, 0.1) is 0 Å². The van der Waals surface area contributed by atoms with Crippen LogP contribution in [0.4, 0.5) is 0 Å². The van der Waals surface area contributed by atoms with Gasteiger partial charge in [-0.05, 0) is 25.0 Å². The summed E-state index contributed by atoms with van der Waals surface area (Å²) in [6, 6.07) is 6.80. The van der Waals surface area contributed by atoms with E-state index in [1.54, 1.807) is 25.1 Å². The Balaban J connectivity index is 2.41. The van der Waals surface area contributed by atoms with E-state index in [0.29, 0.717) is 22.3 Å². The number of fused-ring (bicyclic) bond motifs is 1. The van der Waals surface area contributed by atoms with Crippen LogP contribution in [0.3, 0.4) is 0 Å². The Morgan fingerprint density at radius 1 is 1.38 bits per heavy atom. The first-order valence-corrected chi connectivity index (χ1v) is 7.25. The Labute approximate surface area is 123 Å². The van der Waals surface area contributed by atoms with Crippen molar-refractivity contribution in [2.24, 2.45) is 0 Å². The van der Waals surface area contributed by atoms with Gasteiger partial charge in [-0.1, -0.05) is 19.1 Å². The summed E-state index contributed by atoms with van der Waals surface area (Å²) in [5.74, 6) is 0.581. The van der Waals surface area contributed by atoms with Crippen molar-refractivity contribution < 1.29 is 14.3 Å². The zero-order valence-corrected chi connectivity index (χ0v) is 12.4. The zero-order valence-electron chi connectivity index (χ0n) is 12.4. The maximum Gasteiger partial charge on any atom is 0.193 e. The largest absolute Gasteiger partial charge is 0.461 e. The van der Waals surface area contributed by atoms with Crippen molar-refractivity contribution in [3.05, 3.63) is 45.8 Å². The van der Waals surface area contributed by atoms with Crippen molar-refractivity contribution in [2.45, 2.75) is 45.6 Å². The molecule has 4 heteroatoms. The number of rotatable bonds is 6. The Bertz CT molecular complexity index is 697. The third-order valence-corrected chi connectivity index (χ3v) is 3.30. The first-order chi connectivity index (χ1) is 10.0. The maximum absolute atomic E-state index is 12.3. The Kier molecular flexibility index (Phi) is 4.91. The lowest BCUT2D eigenvalue weighted by Crippen LogP contribution is -2.13. The molecule has 1 aromatic carbocycles. The van der Waals surface area contributed by atoms with Crippen LogP contribution in [-0.2, 0) is 17.6 Å². The van der Waals surface area contributed by atoms with E-state index in [-0.39, 0.29) is 24.1 Å². The predicted octanol–water partition coefficient (Wildman–Crippen LogP) is 2.63. The maximum atomic E-state index is 12.3. The molecule has 0 amide bonds. The second-order valence-electron chi connectivity index (χ2n) is 5.39. The van der Waals surface area contributed by atoms with Crippen molar-refractivity contribution in [2.75, 3.05) is 0 Å². The highest BCUT2D eigenvalue weighted by Gasteiger charge is 2.13. The van der Waals surface area contributed by atoms with E-state index in [1.807, 2.05) is 6.92 Å². The minimum Gasteiger partial charge on any atom is -0.461 e. The fourth-order valence-electron chi connectivity index (χ4n) is 2.46. The highest BCUT2D eigenvalue weighted by Crippen LogP contribution is 2.18. The number of benzene rings is 1. The number of aryl methyl sites for hydroxylation is 1. The van der Waals surface area contributed by atoms with Gasteiger partial charge in [-0.15, -0.1) is 0 Å². The summed E-state index contributed by atoms with van der Waals surface area (Å²) >= 11 is 0. The van der Waals surface area contributed by atoms with Gasteiger partial charge >= 0.3 is 0 Å². The van der Waals surface area contributed by atoms with Crippen LogP contribution >= 0.6 is 0 Å². The summed E-state index contributed by atoms with van der Waals surface area (Å²) in [4.78, 5) is 24.1. The van der Waals surface area contributed by atoms with Crippen LogP contribution in [0.15, 0.2) is 33.5 Å².